The second kappa shape index (κ2) is 8.49. The molecule has 1 amide bonds. The van der Waals surface area contributed by atoms with Crippen molar-refractivity contribution in [3.8, 4) is 5.69 Å². The van der Waals surface area contributed by atoms with Gasteiger partial charge in [-0.25, -0.2) is 13.9 Å². The number of benzene rings is 2. The Morgan fingerprint density at radius 1 is 1.07 bits per heavy atom. The van der Waals surface area contributed by atoms with Gasteiger partial charge in [0.25, 0.3) is 5.91 Å². The van der Waals surface area contributed by atoms with Crippen LogP contribution in [0.5, 0.6) is 0 Å². The van der Waals surface area contributed by atoms with Gasteiger partial charge in [0, 0.05) is 16.9 Å². The molecule has 3 aromatic rings. The summed E-state index contributed by atoms with van der Waals surface area (Å²) in [5.41, 5.74) is 4.40. The van der Waals surface area contributed by atoms with Crippen LogP contribution in [0.1, 0.15) is 40.2 Å². The summed E-state index contributed by atoms with van der Waals surface area (Å²) in [6, 6.07) is 13.3. The molecule has 1 aliphatic carbocycles. The number of hydrogen-bond acceptors (Lipinski definition) is 4. The number of esters is 1. The summed E-state index contributed by atoms with van der Waals surface area (Å²) in [5.74, 6) is -1.38. The number of amides is 1. The van der Waals surface area contributed by atoms with Crippen molar-refractivity contribution >= 4 is 17.6 Å². The maximum absolute atomic E-state index is 13.3. The highest BCUT2D eigenvalue weighted by Gasteiger charge is 2.27. The molecule has 0 aliphatic heterocycles. The molecule has 154 valence electrons. The largest absolute Gasteiger partial charge is 0.451 e. The molecule has 1 heterocycles. The van der Waals surface area contributed by atoms with Crippen LogP contribution in [0.15, 0.2) is 48.5 Å². The molecule has 0 atom stereocenters. The number of halogens is 1. The third-order valence-electron chi connectivity index (χ3n) is 5.11. The summed E-state index contributed by atoms with van der Waals surface area (Å²) >= 11 is 0. The number of carbonyl (C=O) groups is 2. The number of hydrogen-bond donors (Lipinski definition) is 1. The molecule has 4 rings (SSSR count). The standard InChI is InChI=1S/C23H22FN3O3/c1-15-6-10-17(11-7-15)25-21(28)14-30-23(29)22-19-4-2-3-5-20(19)27(26-22)18-12-8-16(24)9-13-18/h6-13H,2-5,14H2,1H3,(H,25,28). The average molecular weight is 407 g/mol. The summed E-state index contributed by atoms with van der Waals surface area (Å²) in [6.45, 7) is 1.56. The lowest BCUT2D eigenvalue weighted by molar-refractivity contribution is -0.119. The molecule has 0 spiro atoms. The second-order valence-corrected chi connectivity index (χ2v) is 7.36. The maximum atomic E-state index is 13.3. The maximum Gasteiger partial charge on any atom is 0.359 e. The van der Waals surface area contributed by atoms with E-state index in [2.05, 4.69) is 10.4 Å². The molecule has 0 saturated carbocycles. The van der Waals surface area contributed by atoms with Crippen LogP contribution in [-0.4, -0.2) is 28.3 Å². The van der Waals surface area contributed by atoms with Crippen molar-refractivity contribution in [2.75, 3.05) is 11.9 Å². The number of ether oxygens (including phenoxy) is 1. The first-order valence-electron chi connectivity index (χ1n) is 9.91. The van der Waals surface area contributed by atoms with E-state index < -0.39 is 18.5 Å². The Kier molecular flexibility index (Phi) is 5.61. The van der Waals surface area contributed by atoms with E-state index in [1.807, 2.05) is 19.1 Å². The Balaban J connectivity index is 1.49. The molecular weight excluding hydrogens is 385 g/mol. The second-order valence-electron chi connectivity index (χ2n) is 7.36. The zero-order valence-electron chi connectivity index (χ0n) is 16.7. The van der Waals surface area contributed by atoms with Crippen LogP contribution in [0.3, 0.4) is 0 Å². The van der Waals surface area contributed by atoms with Crippen LogP contribution in [0, 0.1) is 12.7 Å². The molecule has 1 N–H and O–H groups in total. The minimum Gasteiger partial charge on any atom is -0.451 e. The topological polar surface area (TPSA) is 73.2 Å². The van der Waals surface area contributed by atoms with Gasteiger partial charge in [-0.05, 0) is 69.0 Å². The number of aromatic nitrogens is 2. The molecule has 0 saturated heterocycles. The van der Waals surface area contributed by atoms with E-state index in [9.17, 15) is 14.0 Å². The zero-order valence-corrected chi connectivity index (χ0v) is 16.7. The lowest BCUT2D eigenvalue weighted by Crippen LogP contribution is -2.21. The van der Waals surface area contributed by atoms with Crippen molar-refractivity contribution in [1.82, 2.24) is 9.78 Å². The van der Waals surface area contributed by atoms with E-state index in [-0.39, 0.29) is 11.5 Å². The van der Waals surface area contributed by atoms with Crippen LogP contribution in [0.2, 0.25) is 0 Å². The monoisotopic (exact) mass is 407 g/mol. The quantitative estimate of drug-likeness (QED) is 0.649. The number of anilines is 1. The highest BCUT2D eigenvalue weighted by Crippen LogP contribution is 2.27. The number of aryl methyl sites for hydroxylation is 1. The molecule has 0 fully saturated rings. The third kappa shape index (κ3) is 4.25. The Hall–Kier alpha value is -3.48. The van der Waals surface area contributed by atoms with Gasteiger partial charge < -0.3 is 10.1 Å². The first-order valence-corrected chi connectivity index (χ1v) is 9.91. The highest BCUT2D eigenvalue weighted by atomic mass is 19.1. The fourth-order valence-corrected chi connectivity index (χ4v) is 3.59. The lowest BCUT2D eigenvalue weighted by Gasteiger charge is -2.14. The van der Waals surface area contributed by atoms with Gasteiger partial charge in [0.1, 0.15) is 5.82 Å². The van der Waals surface area contributed by atoms with Crippen molar-refractivity contribution in [3.05, 3.63) is 76.9 Å². The summed E-state index contributed by atoms with van der Waals surface area (Å²) in [6.07, 6.45) is 3.45. The Labute approximate surface area is 173 Å². The summed E-state index contributed by atoms with van der Waals surface area (Å²) < 4.78 is 20.2. The number of fused-ring (bicyclic) bond motifs is 1. The van der Waals surface area contributed by atoms with Crippen LogP contribution < -0.4 is 5.32 Å². The van der Waals surface area contributed by atoms with Crippen LogP contribution in [0.4, 0.5) is 10.1 Å². The summed E-state index contributed by atoms with van der Waals surface area (Å²) in [7, 11) is 0. The van der Waals surface area contributed by atoms with Gasteiger partial charge in [-0.3, -0.25) is 4.79 Å². The Morgan fingerprint density at radius 3 is 2.50 bits per heavy atom. The number of nitrogens with zero attached hydrogens (tertiary/aromatic N) is 2. The van der Waals surface area contributed by atoms with Gasteiger partial charge in [0.2, 0.25) is 0 Å². The fourth-order valence-electron chi connectivity index (χ4n) is 3.59. The van der Waals surface area contributed by atoms with Crippen LogP contribution in [0.25, 0.3) is 5.69 Å². The molecule has 1 aromatic heterocycles. The lowest BCUT2D eigenvalue weighted by atomic mass is 9.95. The van der Waals surface area contributed by atoms with Crippen molar-refractivity contribution in [1.29, 1.82) is 0 Å². The average Bonchev–Trinajstić information content (AvgIpc) is 3.14. The molecule has 0 unspecified atom stereocenters. The summed E-state index contributed by atoms with van der Waals surface area (Å²) in [5, 5.41) is 7.15. The first-order chi connectivity index (χ1) is 14.5. The molecule has 7 heteroatoms. The smallest absolute Gasteiger partial charge is 0.359 e. The van der Waals surface area contributed by atoms with Gasteiger partial charge in [0.15, 0.2) is 12.3 Å². The van der Waals surface area contributed by atoms with E-state index in [1.165, 1.54) is 12.1 Å². The number of rotatable bonds is 5. The van der Waals surface area contributed by atoms with E-state index in [0.717, 1.165) is 42.5 Å². The summed E-state index contributed by atoms with van der Waals surface area (Å²) in [4.78, 5) is 24.8. The van der Waals surface area contributed by atoms with Gasteiger partial charge in [0.05, 0.1) is 5.69 Å². The SMILES string of the molecule is Cc1ccc(NC(=O)COC(=O)c2nn(-c3ccc(F)cc3)c3c2CCCC3)cc1. The van der Waals surface area contributed by atoms with Crippen molar-refractivity contribution < 1.29 is 18.7 Å². The van der Waals surface area contributed by atoms with Crippen molar-refractivity contribution in [2.45, 2.75) is 32.6 Å². The van der Waals surface area contributed by atoms with Gasteiger partial charge in [-0.2, -0.15) is 5.10 Å². The van der Waals surface area contributed by atoms with Crippen molar-refractivity contribution in [2.24, 2.45) is 0 Å². The van der Waals surface area contributed by atoms with Crippen LogP contribution in [-0.2, 0) is 22.4 Å². The Bertz CT molecular complexity index is 1070. The first kappa shape index (κ1) is 19.8. The minimum absolute atomic E-state index is 0.220. The molecule has 0 bridgehead atoms. The molecular formula is C23H22FN3O3. The van der Waals surface area contributed by atoms with E-state index in [4.69, 9.17) is 4.74 Å². The van der Waals surface area contributed by atoms with E-state index >= 15 is 0 Å². The van der Waals surface area contributed by atoms with Crippen LogP contribution >= 0.6 is 0 Å². The molecule has 6 nitrogen and oxygen atoms in total. The predicted molar refractivity (Wildman–Crippen MR) is 110 cm³/mol. The zero-order chi connectivity index (χ0) is 21.1. The molecule has 0 radical (unpaired) electrons. The normalized spacial score (nSPS) is 12.9. The number of carbonyl (C=O) groups excluding carboxylic acids is 2. The number of nitrogens with one attached hydrogen (secondary N) is 1. The molecule has 30 heavy (non-hydrogen) atoms. The van der Waals surface area contributed by atoms with Gasteiger partial charge >= 0.3 is 5.97 Å². The predicted octanol–water partition coefficient (Wildman–Crippen LogP) is 3.99. The molecule has 2 aromatic carbocycles. The van der Waals surface area contributed by atoms with E-state index in [0.29, 0.717) is 11.4 Å². The fraction of sp³-hybridized carbons (Fsp3) is 0.261. The minimum atomic E-state index is -0.631. The Morgan fingerprint density at radius 2 is 1.77 bits per heavy atom. The van der Waals surface area contributed by atoms with Gasteiger partial charge in [-0.15, -0.1) is 0 Å². The third-order valence-corrected chi connectivity index (χ3v) is 5.11. The van der Waals surface area contributed by atoms with Gasteiger partial charge in [-0.1, -0.05) is 17.7 Å². The van der Waals surface area contributed by atoms with E-state index in [1.54, 1.807) is 28.9 Å². The van der Waals surface area contributed by atoms with Crippen molar-refractivity contribution in [3.63, 3.8) is 0 Å². The molecule has 1 aliphatic rings. The highest BCUT2D eigenvalue weighted by molar-refractivity contribution is 5.95.